The third-order valence-corrected chi connectivity index (χ3v) is 3.29. The van der Waals surface area contributed by atoms with Gasteiger partial charge in [-0.2, -0.15) is 0 Å². The van der Waals surface area contributed by atoms with Crippen LogP contribution < -0.4 is 10.3 Å². The maximum absolute atomic E-state index is 12.1. The highest BCUT2D eigenvalue weighted by Gasteiger charge is 2.25. The van der Waals surface area contributed by atoms with Crippen molar-refractivity contribution in [3.63, 3.8) is 0 Å². The van der Waals surface area contributed by atoms with Crippen LogP contribution in [0.4, 0.5) is 0 Å². The van der Waals surface area contributed by atoms with Crippen molar-refractivity contribution in [2.75, 3.05) is 0 Å². The molecule has 1 unspecified atom stereocenters. The number of rotatable bonds is 1. The molecule has 92 valence electrons. The third kappa shape index (κ3) is 1.67. The number of nitrogens with one attached hydrogen (secondary N) is 1. The Kier molecular flexibility index (Phi) is 2.56. The number of benzene rings is 1. The zero-order valence-corrected chi connectivity index (χ0v) is 10.7. The minimum Gasteiger partial charge on any atom is -0.473 e. The summed E-state index contributed by atoms with van der Waals surface area (Å²) in [6.07, 6.45) is 0.0318. The lowest BCUT2D eigenvalue weighted by Gasteiger charge is -2.08. The van der Waals surface area contributed by atoms with E-state index < -0.39 is 0 Å². The molecule has 3 rings (SSSR count). The van der Waals surface area contributed by atoms with E-state index in [-0.39, 0.29) is 11.7 Å². The fourth-order valence-corrected chi connectivity index (χ4v) is 2.43. The van der Waals surface area contributed by atoms with Gasteiger partial charge in [0.05, 0.1) is 6.54 Å². The number of aromatic nitrogens is 2. The lowest BCUT2D eigenvalue weighted by molar-refractivity contribution is 0.255. The molecule has 0 radical (unpaired) electrons. The van der Waals surface area contributed by atoms with E-state index in [4.69, 9.17) is 17.0 Å². The van der Waals surface area contributed by atoms with Gasteiger partial charge < -0.3 is 4.74 Å². The highest BCUT2D eigenvalue weighted by atomic mass is 32.1. The van der Waals surface area contributed by atoms with Crippen molar-refractivity contribution in [1.29, 1.82) is 0 Å². The number of aromatic amines is 1. The van der Waals surface area contributed by atoms with Gasteiger partial charge in [-0.3, -0.25) is 14.3 Å². The first-order valence-electron chi connectivity index (χ1n) is 5.76. The van der Waals surface area contributed by atoms with Crippen LogP contribution in [-0.4, -0.2) is 15.7 Å². The van der Waals surface area contributed by atoms with Crippen LogP contribution >= 0.6 is 12.2 Å². The second-order valence-corrected chi connectivity index (χ2v) is 4.73. The molecule has 1 aromatic carbocycles. The fourth-order valence-electron chi connectivity index (χ4n) is 2.18. The molecule has 4 nitrogen and oxygen atoms in total. The van der Waals surface area contributed by atoms with Crippen molar-refractivity contribution in [2.24, 2.45) is 0 Å². The van der Waals surface area contributed by atoms with Crippen molar-refractivity contribution < 1.29 is 4.74 Å². The molecule has 1 aliphatic heterocycles. The standard InChI is InChI=1S/C13H12N2O2S/c1-8-7-15-12(17-8)10(11(16)14-13(15)18)9-5-3-2-4-6-9/h2-6,8H,7H2,1H3,(H,14,16,18). The molecular formula is C13H12N2O2S. The molecule has 0 aliphatic carbocycles. The number of hydrogen-bond donors (Lipinski definition) is 1. The summed E-state index contributed by atoms with van der Waals surface area (Å²) >= 11 is 5.16. The Bertz CT molecular complexity index is 703. The summed E-state index contributed by atoms with van der Waals surface area (Å²) in [5, 5.41) is 0. The number of fused-ring (bicyclic) bond motifs is 1. The lowest BCUT2D eigenvalue weighted by Crippen LogP contribution is -2.14. The molecule has 1 N–H and O–H groups in total. The van der Waals surface area contributed by atoms with E-state index in [2.05, 4.69) is 4.98 Å². The van der Waals surface area contributed by atoms with Crippen LogP contribution in [-0.2, 0) is 6.54 Å². The van der Waals surface area contributed by atoms with Gasteiger partial charge in [0.25, 0.3) is 5.56 Å². The van der Waals surface area contributed by atoms with Gasteiger partial charge in [-0.15, -0.1) is 0 Å². The van der Waals surface area contributed by atoms with Crippen LogP contribution in [0, 0.1) is 4.77 Å². The van der Waals surface area contributed by atoms with E-state index in [1.165, 1.54) is 0 Å². The summed E-state index contributed by atoms with van der Waals surface area (Å²) in [4.78, 5) is 14.8. The zero-order valence-electron chi connectivity index (χ0n) is 9.84. The van der Waals surface area contributed by atoms with Crippen LogP contribution in [0.3, 0.4) is 0 Å². The van der Waals surface area contributed by atoms with Crippen LogP contribution in [0.1, 0.15) is 6.92 Å². The van der Waals surface area contributed by atoms with Crippen LogP contribution in [0.25, 0.3) is 11.1 Å². The molecule has 2 aromatic rings. The summed E-state index contributed by atoms with van der Waals surface area (Å²) in [7, 11) is 0. The summed E-state index contributed by atoms with van der Waals surface area (Å²) in [6.45, 7) is 2.63. The number of H-pyrrole nitrogens is 1. The molecular weight excluding hydrogens is 248 g/mol. The van der Waals surface area contributed by atoms with Gasteiger partial charge in [0.2, 0.25) is 5.88 Å². The normalized spacial score (nSPS) is 17.3. The molecule has 0 amide bonds. The second kappa shape index (κ2) is 4.10. The number of nitrogens with zero attached hydrogens (tertiary/aromatic N) is 1. The smallest absolute Gasteiger partial charge is 0.263 e. The number of ether oxygens (including phenoxy) is 1. The van der Waals surface area contributed by atoms with Crippen molar-refractivity contribution in [1.82, 2.24) is 9.55 Å². The van der Waals surface area contributed by atoms with Crippen LogP contribution in [0.2, 0.25) is 0 Å². The van der Waals surface area contributed by atoms with Crippen molar-refractivity contribution in [3.8, 4) is 17.0 Å². The first-order valence-corrected chi connectivity index (χ1v) is 6.17. The molecule has 0 bridgehead atoms. The monoisotopic (exact) mass is 260 g/mol. The fraction of sp³-hybridized carbons (Fsp3) is 0.231. The van der Waals surface area contributed by atoms with Gasteiger partial charge in [0, 0.05) is 0 Å². The maximum Gasteiger partial charge on any atom is 0.263 e. The van der Waals surface area contributed by atoms with Gasteiger partial charge >= 0.3 is 0 Å². The van der Waals surface area contributed by atoms with E-state index in [1.54, 1.807) is 0 Å². The van der Waals surface area contributed by atoms with Gasteiger partial charge in [-0.05, 0) is 24.7 Å². The molecule has 1 atom stereocenters. The maximum atomic E-state index is 12.1. The van der Waals surface area contributed by atoms with E-state index in [9.17, 15) is 4.79 Å². The summed E-state index contributed by atoms with van der Waals surface area (Å²) in [5.74, 6) is 0.572. The summed E-state index contributed by atoms with van der Waals surface area (Å²) < 4.78 is 7.98. The molecule has 1 aromatic heterocycles. The Morgan fingerprint density at radius 1 is 1.39 bits per heavy atom. The molecule has 0 saturated heterocycles. The Labute approximate surface area is 109 Å². The first-order chi connectivity index (χ1) is 8.66. The third-order valence-electron chi connectivity index (χ3n) is 2.97. The van der Waals surface area contributed by atoms with E-state index in [1.807, 2.05) is 41.8 Å². The Hall–Kier alpha value is -1.88. The predicted molar refractivity (Wildman–Crippen MR) is 71.4 cm³/mol. The average molecular weight is 260 g/mol. The predicted octanol–water partition coefficient (Wildman–Crippen LogP) is 2.35. The average Bonchev–Trinajstić information content (AvgIpc) is 2.72. The molecule has 2 heterocycles. The van der Waals surface area contributed by atoms with Crippen molar-refractivity contribution in [3.05, 3.63) is 45.5 Å². The van der Waals surface area contributed by atoms with Crippen LogP contribution in [0.15, 0.2) is 35.1 Å². The highest BCUT2D eigenvalue weighted by Crippen LogP contribution is 2.31. The molecule has 0 fully saturated rings. The first kappa shape index (κ1) is 11.2. The van der Waals surface area contributed by atoms with E-state index in [0.29, 0.717) is 22.8 Å². The highest BCUT2D eigenvalue weighted by molar-refractivity contribution is 7.71. The summed E-state index contributed by atoms with van der Waals surface area (Å²) in [6, 6.07) is 9.48. The SMILES string of the molecule is CC1Cn2c(c(-c3ccccc3)c(=O)[nH]c2=S)O1. The number of hydrogen-bond acceptors (Lipinski definition) is 3. The Balaban J connectivity index is 2.32. The zero-order chi connectivity index (χ0) is 12.7. The molecule has 1 aliphatic rings. The molecule has 18 heavy (non-hydrogen) atoms. The second-order valence-electron chi connectivity index (χ2n) is 4.34. The van der Waals surface area contributed by atoms with Crippen molar-refractivity contribution in [2.45, 2.75) is 19.6 Å². The quantitative estimate of drug-likeness (QED) is 0.801. The van der Waals surface area contributed by atoms with Gasteiger partial charge in [0.1, 0.15) is 11.7 Å². The van der Waals surface area contributed by atoms with Gasteiger partial charge in [0.15, 0.2) is 4.77 Å². The van der Waals surface area contributed by atoms with Crippen molar-refractivity contribution >= 4 is 12.2 Å². The largest absolute Gasteiger partial charge is 0.473 e. The summed E-state index contributed by atoms with van der Waals surface area (Å²) in [5.41, 5.74) is 1.19. The lowest BCUT2D eigenvalue weighted by atomic mass is 10.1. The van der Waals surface area contributed by atoms with E-state index >= 15 is 0 Å². The van der Waals surface area contributed by atoms with E-state index in [0.717, 1.165) is 5.56 Å². The molecule has 5 heteroatoms. The molecule has 0 saturated carbocycles. The Morgan fingerprint density at radius 3 is 2.83 bits per heavy atom. The topological polar surface area (TPSA) is 47.0 Å². The van der Waals surface area contributed by atoms with Gasteiger partial charge in [-0.25, -0.2) is 0 Å². The Morgan fingerprint density at radius 2 is 2.11 bits per heavy atom. The minimum absolute atomic E-state index is 0.0318. The minimum atomic E-state index is -0.202. The molecule has 0 spiro atoms. The van der Waals surface area contributed by atoms with Crippen LogP contribution in [0.5, 0.6) is 5.88 Å². The van der Waals surface area contributed by atoms with Gasteiger partial charge in [-0.1, -0.05) is 30.3 Å².